The first-order chi connectivity index (χ1) is 15.1. The van der Waals surface area contributed by atoms with Crippen molar-refractivity contribution in [3.63, 3.8) is 0 Å². The molecular weight excluding hydrogens is 437 g/mol. The molecule has 3 heterocycles. The third-order valence-electron chi connectivity index (χ3n) is 4.84. The summed E-state index contributed by atoms with van der Waals surface area (Å²) in [5.41, 5.74) is 2.41. The average molecular weight is 458 g/mol. The Balaban J connectivity index is 1.23. The number of fused-ring (bicyclic) bond motifs is 1. The highest BCUT2D eigenvalue weighted by Crippen LogP contribution is 2.26. The van der Waals surface area contributed by atoms with Crippen molar-refractivity contribution >= 4 is 39.9 Å². The fourth-order valence-corrected chi connectivity index (χ4v) is 4.48. The van der Waals surface area contributed by atoms with Crippen molar-refractivity contribution in [2.24, 2.45) is 0 Å². The Kier molecular flexibility index (Phi) is 6.89. The fourth-order valence-electron chi connectivity index (χ4n) is 3.26. The SMILES string of the molecule is O=C(NCc1ncccc1F)c1nc(CCCCCc2nc3ccccc3[nH]2)sc1Cl. The number of carbonyl (C=O) groups is 1. The number of unbranched alkanes of at least 4 members (excludes halogenated alkanes) is 2. The molecule has 0 saturated heterocycles. The fraction of sp³-hybridized carbons (Fsp3) is 0.273. The van der Waals surface area contributed by atoms with E-state index in [1.165, 1.54) is 29.7 Å². The van der Waals surface area contributed by atoms with Crippen LogP contribution in [0, 0.1) is 5.82 Å². The molecular formula is C22H21ClFN5OS. The molecule has 0 aliphatic heterocycles. The number of hydrogen-bond acceptors (Lipinski definition) is 5. The number of nitrogens with one attached hydrogen (secondary N) is 2. The molecule has 0 unspecified atom stereocenters. The van der Waals surface area contributed by atoms with E-state index in [4.69, 9.17) is 11.6 Å². The Morgan fingerprint density at radius 3 is 2.77 bits per heavy atom. The molecule has 2 N–H and O–H groups in total. The number of aromatic nitrogens is 4. The molecule has 0 atom stereocenters. The highest BCUT2D eigenvalue weighted by Gasteiger charge is 2.17. The molecule has 0 aliphatic rings. The number of pyridine rings is 1. The van der Waals surface area contributed by atoms with Crippen LogP contribution in [0.2, 0.25) is 4.34 Å². The van der Waals surface area contributed by atoms with Gasteiger partial charge in [-0.1, -0.05) is 30.2 Å². The number of benzene rings is 1. The summed E-state index contributed by atoms with van der Waals surface area (Å²) in [4.78, 5) is 28.6. The number of H-pyrrole nitrogens is 1. The number of aromatic amines is 1. The molecule has 6 nitrogen and oxygen atoms in total. The van der Waals surface area contributed by atoms with Gasteiger partial charge in [-0.2, -0.15) is 0 Å². The average Bonchev–Trinajstić information content (AvgIpc) is 3.35. The van der Waals surface area contributed by atoms with Crippen LogP contribution in [0.5, 0.6) is 0 Å². The number of aryl methyl sites for hydroxylation is 2. The number of imidazole rings is 1. The van der Waals surface area contributed by atoms with Gasteiger partial charge in [-0.3, -0.25) is 9.78 Å². The Labute approximate surface area is 187 Å². The number of amides is 1. The highest BCUT2D eigenvalue weighted by atomic mass is 35.5. The van der Waals surface area contributed by atoms with Crippen LogP contribution in [-0.2, 0) is 19.4 Å². The molecule has 4 aromatic rings. The van der Waals surface area contributed by atoms with Crippen molar-refractivity contribution < 1.29 is 9.18 Å². The number of nitrogens with zero attached hydrogens (tertiary/aromatic N) is 3. The summed E-state index contributed by atoms with van der Waals surface area (Å²) >= 11 is 7.51. The summed E-state index contributed by atoms with van der Waals surface area (Å²) in [6.45, 7) is -0.0174. The minimum absolute atomic E-state index is 0.0174. The molecule has 0 spiro atoms. The normalized spacial score (nSPS) is 11.2. The van der Waals surface area contributed by atoms with E-state index in [0.29, 0.717) is 4.34 Å². The molecule has 0 radical (unpaired) electrons. The van der Waals surface area contributed by atoms with Gasteiger partial charge >= 0.3 is 0 Å². The van der Waals surface area contributed by atoms with Crippen molar-refractivity contribution in [3.05, 3.63) is 75.0 Å². The van der Waals surface area contributed by atoms with Gasteiger partial charge < -0.3 is 10.3 Å². The molecule has 160 valence electrons. The summed E-state index contributed by atoms with van der Waals surface area (Å²) in [5, 5.41) is 3.45. The second-order valence-electron chi connectivity index (χ2n) is 7.11. The zero-order chi connectivity index (χ0) is 21.6. The van der Waals surface area contributed by atoms with Crippen molar-refractivity contribution in [1.29, 1.82) is 0 Å². The van der Waals surface area contributed by atoms with E-state index in [2.05, 4.69) is 25.3 Å². The number of halogens is 2. The molecule has 31 heavy (non-hydrogen) atoms. The lowest BCUT2D eigenvalue weighted by Crippen LogP contribution is -2.24. The summed E-state index contributed by atoms with van der Waals surface area (Å²) in [6.07, 6.45) is 6.12. The number of carbonyl (C=O) groups excluding carboxylic acids is 1. The van der Waals surface area contributed by atoms with Gasteiger partial charge in [0, 0.05) is 12.6 Å². The zero-order valence-electron chi connectivity index (χ0n) is 16.7. The highest BCUT2D eigenvalue weighted by molar-refractivity contribution is 7.16. The molecule has 9 heteroatoms. The molecule has 1 amide bonds. The minimum atomic E-state index is -0.462. The van der Waals surface area contributed by atoms with Gasteiger partial charge in [0.25, 0.3) is 5.91 Å². The predicted molar refractivity (Wildman–Crippen MR) is 120 cm³/mol. The Hall–Kier alpha value is -2.84. The Bertz CT molecular complexity index is 1160. The van der Waals surface area contributed by atoms with Gasteiger partial charge in [-0.05, 0) is 43.5 Å². The van der Waals surface area contributed by atoms with Crippen molar-refractivity contribution in [3.8, 4) is 0 Å². The van der Waals surface area contributed by atoms with Crippen molar-refractivity contribution in [1.82, 2.24) is 25.3 Å². The lowest BCUT2D eigenvalue weighted by Gasteiger charge is -2.04. The number of rotatable bonds is 9. The first-order valence-corrected chi connectivity index (χ1v) is 11.3. The maximum atomic E-state index is 13.6. The van der Waals surface area contributed by atoms with Gasteiger partial charge in [-0.15, -0.1) is 11.3 Å². The van der Waals surface area contributed by atoms with Crippen LogP contribution in [0.1, 0.15) is 46.3 Å². The Morgan fingerprint density at radius 2 is 1.94 bits per heavy atom. The number of hydrogen-bond donors (Lipinski definition) is 2. The molecule has 1 aromatic carbocycles. The van der Waals surface area contributed by atoms with Gasteiger partial charge in [-0.25, -0.2) is 14.4 Å². The second kappa shape index (κ2) is 9.98. The van der Waals surface area contributed by atoms with E-state index in [0.717, 1.165) is 54.0 Å². The van der Waals surface area contributed by atoms with Crippen LogP contribution < -0.4 is 5.32 Å². The maximum absolute atomic E-state index is 13.6. The second-order valence-corrected chi connectivity index (χ2v) is 8.79. The van der Waals surface area contributed by atoms with Crippen LogP contribution in [0.25, 0.3) is 11.0 Å². The Morgan fingerprint density at radius 1 is 1.10 bits per heavy atom. The molecule has 0 aliphatic carbocycles. The van der Waals surface area contributed by atoms with Crippen molar-refractivity contribution in [2.75, 3.05) is 0 Å². The summed E-state index contributed by atoms with van der Waals surface area (Å²) in [6, 6.07) is 10.8. The quantitative estimate of drug-likeness (QED) is 0.343. The summed E-state index contributed by atoms with van der Waals surface area (Å²) in [7, 11) is 0. The molecule has 4 rings (SSSR count). The molecule has 3 aromatic heterocycles. The standard InChI is InChI=1S/C22H21ClFN5OS/c23-21-20(22(30)26-13-17-14(24)7-6-12-25-17)29-19(31-21)11-3-1-2-10-18-27-15-8-4-5-9-16(15)28-18/h4-9,12H,1-3,10-11,13H2,(H,26,30)(H,27,28). The smallest absolute Gasteiger partial charge is 0.272 e. The predicted octanol–water partition coefficient (Wildman–Crippen LogP) is 5.09. The van der Waals surface area contributed by atoms with Crippen LogP contribution in [0.3, 0.4) is 0 Å². The van der Waals surface area contributed by atoms with Crippen LogP contribution in [0.15, 0.2) is 42.6 Å². The maximum Gasteiger partial charge on any atom is 0.272 e. The van der Waals surface area contributed by atoms with Crippen molar-refractivity contribution in [2.45, 2.75) is 38.6 Å². The van der Waals surface area contributed by atoms with E-state index < -0.39 is 11.7 Å². The topological polar surface area (TPSA) is 83.6 Å². The molecule has 0 bridgehead atoms. The van der Waals surface area contributed by atoms with E-state index in [1.54, 1.807) is 0 Å². The largest absolute Gasteiger partial charge is 0.345 e. The first-order valence-electron chi connectivity index (χ1n) is 10.1. The number of thiazole rings is 1. The van der Waals surface area contributed by atoms with E-state index in [1.807, 2.05) is 24.3 Å². The summed E-state index contributed by atoms with van der Waals surface area (Å²) < 4.78 is 14.0. The first kappa shape index (κ1) is 21.4. The number of para-hydroxylation sites is 2. The lowest BCUT2D eigenvalue weighted by atomic mass is 10.1. The monoisotopic (exact) mass is 457 g/mol. The van der Waals surface area contributed by atoms with Crippen LogP contribution >= 0.6 is 22.9 Å². The van der Waals surface area contributed by atoms with Crippen LogP contribution in [0.4, 0.5) is 4.39 Å². The molecule has 0 fully saturated rings. The molecule has 0 saturated carbocycles. The third kappa shape index (κ3) is 5.45. The van der Waals surface area contributed by atoms with Gasteiger partial charge in [0.2, 0.25) is 0 Å². The zero-order valence-corrected chi connectivity index (χ0v) is 18.3. The van der Waals surface area contributed by atoms with E-state index >= 15 is 0 Å². The van der Waals surface area contributed by atoms with E-state index in [-0.39, 0.29) is 17.9 Å². The van der Waals surface area contributed by atoms with Gasteiger partial charge in [0.1, 0.15) is 16.0 Å². The lowest BCUT2D eigenvalue weighted by molar-refractivity contribution is 0.0945. The van der Waals surface area contributed by atoms with Gasteiger partial charge in [0.05, 0.1) is 28.3 Å². The minimum Gasteiger partial charge on any atom is -0.345 e. The van der Waals surface area contributed by atoms with Crippen LogP contribution in [-0.4, -0.2) is 25.8 Å². The van der Waals surface area contributed by atoms with E-state index in [9.17, 15) is 9.18 Å². The summed E-state index contributed by atoms with van der Waals surface area (Å²) in [5.74, 6) is 0.111. The van der Waals surface area contributed by atoms with Gasteiger partial charge in [0.15, 0.2) is 5.69 Å². The third-order valence-corrected chi connectivity index (χ3v) is 6.15.